The number of amides is 2. The van der Waals surface area contributed by atoms with Gasteiger partial charge in [0.15, 0.2) is 0 Å². The molecule has 0 unspecified atom stereocenters. The first-order valence-corrected chi connectivity index (χ1v) is 12.2. The van der Waals surface area contributed by atoms with Gasteiger partial charge in [-0.25, -0.2) is 0 Å². The quantitative estimate of drug-likeness (QED) is 0.636. The lowest BCUT2D eigenvalue weighted by atomic mass is 9.49. The largest absolute Gasteiger partial charge is 0.352 e. The minimum atomic E-state index is -0.116. The molecule has 4 bridgehead atoms. The van der Waals surface area contributed by atoms with Gasteiger partial charge in [-0.15, -0.1) is 0 Å². The first kappa shape index (κ1) is 21.5. The van der Waals surface area contributed by atoms with Gasteiger partial charge < -0.3 is 10.2 Å². The number of carbonyl (C=O) groups excluding carboxylic acids is 2. The van der Waals surface area contributed by atoms with Crippen LogP contribution in [0.2, 0.25) is 5.02 Å². The summed E-state index contributed by atoms with van der Waals surface area (Å²) >= 11 is 5.94. The summed E-state index contributed by atoms with van der Waals surface area (Å²) in [5, 5.41) is 3.91. The molecule has 5 heteroatoms. The number of hydrogen-bond donors (Lipinski definition) is 1. The number of halogens is 1. The highest BCUT2D eigenvalue weighted by atomic mass is 35.5. The van der Waals surface area contributed by atoms with Crippen LogP contribution in [0.3, 0.4) is 0 Å². The fraction of sp³-hybridized carbons (Fsp3) is 0.481. The van der Waals surface area contributed by atoms with E-state index in [0.29, 0.717) is 23.7 Å². The molecule has 0 spiro atoms. The second-order valence-corrected chi connectivity index (χ2v) is 10.8. The number of rotatable bonds is 6. The Morgan fingerprint density at radius 1 is 0.906 bits per heavy atom. The molecule has 1 N–H and O–H groups in total. The van der Waals surface area contributed by atoms with Crippen LogP contribution in [0.4, 0.5) is 0 Å². The van der Waals surface area contributed by atoms with Gasteiger partial charge in [-0.1, -0.05) is 35.9 Å². The first-order chi connectivity index (χ1) is 15.4. The molecule has 32 heavy (non-hydrogen) atoms. The molecule has 6 rings (SSSR count). The lowest BCUT2D eigenvalue weighted by Crippen LogP contribution is -2.53. The minimum absolute atomic E-state index is 0.0240. The van der Waals surface area contributed by atoms with Crippen molar-refractivity contribution in [2.45, 2.75) is 51.6 Å². The maximum Gasteiger partial charge on any atom is 0.253 e. The van der Waals surface area contributed by atoms with Gasteiger partial charge in [-0.05, 0) is 91.7 Å². The standard InChI is InChI=1S/C27H31ClN2O2/c1-30(17-19-4-8-24(28)9-5-19)25(31)23-6-2-18(3-7-23)16-29-26(32)27-13-20-10-21(14-27)12-22(11-20)15-27/h2-9,20-22H,10-17H2,1H3,(H,29,32). The molecule has 0 atom stereocenters. The van der Waals surface area contributed by atoms with Crippen LogP contribution < -0.4 is 5.32 Å². The highest BCUT2D eigenvalue weighted by Crippen LogP contribution is 2.60. The predicted molar refractivity (Wildman–Crippen MR) is 126 cm³/mol. The van der Waals surface area contributed by atoms with E-state index in [-0.39, 0.29) is 17.2 Å². The van der Waals surface area contributed by atoms with E-state index in [1.54, 1.807) is 11.9 Å². The molecule has 0 heterocycles. The Morgan fingerprint density at radius 3 is 2.00 bits per heavy atom. The lowest BCUT2D eigenvalue weighted by Gasteiger charge is -2.55. The molecule has 0 saturated heterocycles. The highest BCUT2D eigenvalue weighted by molar-refractivity contribution is 6.30. The molecule has 0 aromatic heterocycles. The maximum absolute atomic E-state index is 13.1. The summed E-state index contributed by atoms with van der Waals surface area (Å²) in [5.41, 5.74) is 2.60. The average Bonchev–Trinajstić information content (AvgIpc) is 2.78. The van der Waals surface area contributed by atoms with E-state index in [0.717, 1.165) is 48.1 Å². The van der Waals surface area contributed by atoms with E-state index < -0.39 is 0 Å². The summed E-state index contributed by atoms with van der Waals surface area (Å²) in [6.45, 7) is 1.05. The number of carbonyl (C=O) groups is 2. The van der Waals surface area contributed by atoms with E-state index in [1.165, 1.54) is 19.3 Å². The molecule has 2 amide bonds. The highest BCUT2D eigenvalue weighted by Gasteiger charge is 2.54. The van der Waals surface area contributed by atoms with Crippen LogP contribution >= 0.6 is 11.6 Å². The van der Waals surface area contributed by atoms with Gasteiger partial charge in [-0.2, -0.15) is 0 Å². The van der Waals surface area contributed by atoms with E-state index in [4.69, 9.17) is 11.6 Å². The van der Waals surface area contributed by atoms with E-state index in [2.05, 4.69) is 5.32 Å². The van der Waals surface area contributed by atoms with Crippen LogP contribution in [-0.4, -0.2) is 23.8 Å². The molecule has 168 valence electrons. The summed E-state index contributed by atoms with van der Waals surface area (Å²) in [6, 6.07) is 15.1. The Morgan fingerprint density at radius 2 is 1.44 bits per heavy atom. The summed E-state index contributed by atoms with van der Waals surface area (Å²) in [7, 11) is 1.80. The van der Waals surface area contributed by atoms with Gasteiger partial charge in [0.05, 0.1) is 0 Å². The maximum atomic E-state index is 13.1. The van der Waals surface area contributed by atoms with Crippen LogP contribution in [-0.2, 0) is 17.9 Å². The van der Waals surface area contributed by atoms with Crippen molar-refractivity contribution in [1.82, 2.24) is 10.2 Å². The van der Waals surface area contributed by atoms with Crippen LogP contribution in [0, 0.1) is 23.2 Å². The molecular formula is C27H31ClN2O2. The lowest BCUT2D eigenvalue weighted by molar-refractivity contribution is -0.146. The number of hydrogen-bond acceptors (Lipinski definition) is 2. The van der Waals surface area contributed by atoms with Crippen molar-refractivity contribution >= 4 is 23.4 Å². The average molecular weight is 451 g/mol. The Labute approximate surface area is 195 Å². The van der Waals surface area contributed by atoms with Gasteiger partial charge in [0.2, 0.25) is 5.91 Å². The van der Waals surface area contributed by atoms with Crippen molar-refractivity contribution in [2.75, 3.05) is 7.05 Å². The third-order valence-corrected chi connectivity index (χ3v) is 8.11. The van der Waals surface area contributed by atoms with Crippen LogP contribution in [0.25, 0.3) is 0 Å². The van der Waals surface area contributed by atoms with Crippen molar-refractivity contribution in [1.29, 1.82) is 0 Å². The molecule has 0 radical (unpaired) electrons. The second-order valence-electron chi connectivity index (χ2n) is 10.4. The summed E-state index contributed by atoms with van der Waals surface area (Å²) in [6.07, 6.45) is 7.27. The van der Waals surface area contributed by atoms with E-state index >= 15 is 0 Å². The van der Waals surface area contributed by atoms with E-state index in [1.807, 2.05) is 48.5 Å². The van der Waals surface area contributed by atoms with Gasteiger partial charge in [0.25, 0.3) is 5.91 Å². The van der Waals surface area contributed by atoms with Crippen molar-refractivity contribution < 1.29 is 9.59 Å². The van der Waals surface area contributed by atoms with Crippen LogP contribution in [0.15, 0.2) is 48.5 Å². The normalized spacial score (nSPS) is 27.9. The number of nitrogens with zero attached hydrogens (tertiary/aromatic N) is 1. The van der Waals surface area contributed by atoms with Crippen molar-refractivity contribution in [3.8, 4) is 0 Å². The second kappa shape index (κ2) is 8.55. The Bertz CT molecular complexity index is 964. The van der Waals surface area contributed by atoms with Gasteiger partial charge in [0.1, 0.15) is 0 Å². The Hall–Kier alpha value is -2.33. The van der Waals surface area contributed by atoms with Crippen LogP contribution in [0.5, 0.6) is 0 Å². The van der Waals surface area contributed by atoms with Crippen LogP contribution in [0.1, 0.15) is 60.0 Å². The van der Waals surface area contributed by atoms with Gasteiger partial charge in [0, 0.05) is 36.1 Å². The monoisotopic (exact) mass is 450 g/mol. The van der Waals surface area contributed by atoms with Crippen molar-refractivity contribution in [2.24, 2.45) is 23.2 Å². The zero-order valence-corrected chi connectivity index (χ0v) is 19.4. The predicted octanol–water partition coefficient (Wildman–Crippen LogP) is 5.44. The third-order valence-electron chi connectivity index (χ3n) is 7.85. The Kier molecular flexibility index (Phi) is 5.75. The third kappa shape index (κ3) is 4.30. The number of benzene rings is 2. The van der Waals surface area contributed by atoms with Gasteiger partial charge in [-0.3, -0.25) is 9.59 Å². The molecule has 4 aliphatic carbocycles. The molecule has 4 nitrogen and oxygen atoms in total. The zero-order chi connectivity index (χ0) is 22.3. The molecule has 2 aromatic carbocycles. The molecule has 4 saturated carbocycles. The Balaban J connectivity index is 1.16. The SMILES string of the molecule is CN(Cc1ccc(Cl)cc1)C(=O)c1ccc(CNC(=O)C23CC4CC(CC(C4)C2)C3)cc1. The summed E-state index contributed by atoms with van der Waals surface area (Å²) < 4.78 is 0. The molecule has 4 aliphatic rings. The summed E-state index contributed by atoms with van der Waals surface area (Å²) in [4.78, 5) is 27.6. The van der Waals surface area contributed by atoms with Gasteiger partial charge >= 0.3 is 0 Å². The number of nitrogens with one attached hydrogen (secondary N) is 1. The first-order valence-electron chi connectivity index (χ1n) is 11.8. The zero-order valence-electron chi connectivity index (χ0n) is 18.6. The fourth-order valence-corrected chi connectivity index (χ4v) is 6.81. The summed E-state index contributed by atoms with van der Waals surface area (Å²) in [5.74, 6) is 2.52. The smallest absolute Gasteiger partial charge is 0.253 e. The molecule has 4 fully saturated rings. The topological polar surface area (TPSA) is 49.4 Å². The fourth-order valence-electron chi connectivity index (χ4n) is 6.68. The van der Waals surface area contributed by atoms with Crippen molar-refractivity contribution in [3.63, 3.8) is 0 Å². The molecule has 0 aliphatic heterocycles. The minimum Gasteiger partial charge on any atom is -0.352 e. The molecular weight excluding hydrogens is 420 g/mol. The van der Waals surface area contributed by atoms with E-state index in [9.17, 15) is 9.59 Å². The molecule has 2 aromatic rings. The van der Waals surface area contributed by atoms with Crippen molar-refractivity contribution in [3.05, 3.63) is 70.2 Å².